The Hall–Kier alpha value is -2.94. The number of nitrogen functional groups attached to an aromatic ring is 1. The van der Waals surface area contributed by atoms with Crippen molar-refractivity contribution < 1.29 is 24.2 Å². The van der Waals surface area contributed by atoms with E-state index in [9.17, 15) is 9.59 Å². The minimum absolute atomic E-state index is 0.0128. The average molecular weight is 394 g/mol. The van der Waals surface area contributed by atoms with Crippen molar-refractivity contribution >= 4 is 23.4 Å². The molecular weight excluding hydrogens is 364 g/mol. The number of nitrogens with one attached hydrogen (secondary N) is 2. The number of alkyl carbamates (subject to hydrolysis) is 1. The second kappa shape index (κ2) is 11.0. The highest BCUT2D eigenvalue weighted by molar-refractivity contribution is 5.96. The summed E-state index contributed by atoms with van der Waals surface area (Å²) in [6.45, 7) is 6.35. The van der Waals surface area contributed by atoms with Crippen LogP contribution in [0.5, 0.6) is 5.75 Å². The first-order valence-corrected chi connectivity index (χ1v) is 8.96. The van der Waals surface area contributed by atoms with E-state index >= 15 is 0 Å². The maximum atomic E-state index is 11.5. The Bertz CT molecular complexity index is 698. The molecule has 1 aromatic carbocycles. The molecule has 0 aromatic heterocycles. The number of benzene rings is 1. The van der Waals surface area contributed by atoms with Crippen molar-refractivity contribution in [3.8, 4) is 5.75 Å². The van der Waals surface area contributed by atoms with E-state index in [1.165, 1.54) is 12.1 Å². The lowest BCUT2D eigenvalue weighted by atomic mass is 10.1. The highest BCUT2D eigenvalue weighted by atomic mass is 16.6. The zero-order valence-electron chi connectivity index (χ0n) is 16.6. The summed E-state index contributed by atoms with van der Waals surface area (Å²) in [5, 5.41) is 14.6. The van der Waals surface area contributed by atoms with Crippen molar-refractivity contribution in [2.45, 2.75) is 32.8 Å². The second-order valence-electron chi connectivity index (χ2n) is 6.96. The van der Waals surface area contributed by atoms with Gasteiger partial charge in [-0.15, -0.1) is 0 Å². The third-order valence-electron chi connectivity index (χ3n) is 3.30. The van der Waals surface area contributed by atoms with Crippen LogP contribution >= 0.6 is 0 Å². The topological polar surface area (TPSA) is 149 Å². The van der Waals surface area contributed by atoms with Crippen LogP contribution in [-0.4, -0.2) is 49.0 Å². The summed E-state index contributed by atoms with van der Waals surface area (Å²) in [5.74, 6) is -0.235. The van der Waals surface area contributed by atoms with Gasteiger partial charge in [0.05, 0.1) is 12.3 Å². The molecule has 9 nitrogen and oxygen atoms in total. The van der Waals surface area contributed by atoms with Gasteiger partial charge in [0.25, 0.3) is 0 Å². The normalized spacial score (nSPS) is 11.3. The molecule has 0 bridgehead atoms. The van der Waals surface area contributed by atoms with Crippen LogP contribution in [0, 0.1) is 0 Å². The predicted molar refractivity (Wildman–Crippen MR) is 108 cm³/mol. The van der Waals surface area contributed by atoms with Gasteiger partial charge in [0, 0.05) is 31.7 Å². The molecular formula is C19H30N4O5. The maximum Gasteiger partial charge on any atom is 0.407 e. The van der Waals surface area contributed by atoms with E-state index in [-0.39, 0.29) is 18.8 Å². The molecule has 0 radical (unpaired) electrons. The SMILES string of the molecule is CC(C)(C)OC(=O)NC/C=C/CNc1c(N)cc(C(N)=O)cc1OCCCO. The highest BCUT2D eigenvalue weighted by Crippen LogP contribution is 2.32. The van der Waals surface area contributed by atoms with Gasteiger partial charge in [-0.1, -0.05) is 12.2 Å². The fourth-order valence-corrected chi connectivity index (χ4v) is 2.11. The van der Waals surface area contributed by atoms with Gasteiger partial charge in [-0.2, -0.15) is 0 Å². The largest absolute Gasteiger partial charge is 0.491 e. The van der Waals surface area contributed by atoms with Crippen molar-refractivity contribution in [3.05, 3.63) is 29.8 Å². The van der Waals surface area contributed by atoms with Crippen LogP contribution in [-0.2, 0) is 4.74 Å². The first-order valence-electron chi connectivity index (χ1n) is 8.96. The number of primary amides is 1. The third-order valence-corrected chi connectivity index (χ3v) is 3.30. The van der Waals surface area contributed by atoms with Crippen LogP contribution < -0.4 is 26.8 Å². The Kier molecular flexibility index (Phi) is 9.10. The Morgan fingerprint density at radius 2 is 1.89 bits per heavy atom. The van der Waals surface area contributed by atoms with Gasteiger partial charge in [0.2, 0.25) is 5.91 Å². The number of carbonyl (C=O) groups excluding carboxylic acids is 2. The van der Waals surface area contributed by atoms with E-state index in [1.807, 2.05) is 0 Å². The average Bonchev–Trinajstić information content (AvgIpc) is 2.57. The molecule has 0 spiro atoms. The van der Waals surface area contributed by atoms with E-state index in [1.54, 1.807) is 32.9 Å². The standard InChI is InChI=1S/C19H30N4O5/c1-19(2,3)28-18(26)23-8-5-4-7-22-16-14(20)11-13(17(21)25)12-15(16)27-10-6-9-24/h4-5,11-12,22,24H,6-10,20H2,1-3H3,(H2,21,25)(H,23,26)/b5-4+. The molecule has 0 saturated heterocycles. The number of carbonyl (C=O) groups is 2. The second-order valence-corrected chi connectivity index (χ2v) is 6.96. The molecule has 7 N–H and O–H groups in total. The van der Waals surface area contributed by atoms with Crippen molar-refractivity contribution in [3.63, 3.8) is 0 Å². The van der Waals surface area contributed by atoms with Gasteiger partial charge >= 0.3 is 6.09 Å². The van der Waals surface area contributed by atoms with Crippen LogP contribution in [0.15, 0.2) is 24.3 Å². The third kappa shape index (κ3) is 8.63. The lowest BCUT2D eigenvalue weighted by Crippen LogP contribution is -2.32. The number of aliphatic hydroxyl groups excluding tert-OH is 1. The Labute approximate surface area is 165 Å². The molecule has 0 aliphatic heterocycles. The summed E-state index contributed by atoms with van der Waals surface area (Å²) in [4.78, 5) is 23.0. The van der Waals surface area contributed by atoms with Crippen molar-refractivity contribution in [2.24, 2.45) is 5.73 Å². The molecule has 0 atom stereocenters. The zero-order valence-corrected chi connectivity index (χ0v) is 16.6. The van der Waals surface area contributed by atoms with Crippen LogP contribution in [0.25, 0.3) is 0 Å². The van der Waals surface area contributed by atoms with Crippen LogP contribution in [0.4, 0.5) is 16.2 Å². The van der Waals surface area contributed by atoms with Crippen molar-refractivity contribution in [1.29, 1.82) is 0 Å². The van der Waals surface area contributed by atoms with Gasteiger partial charge < -0.3 is 36.7 Å². The monoisotopic (exact) mass is 394 g/mol. The quantitative estimate of drug-likeness (QED) is 0.230. The lowest BCUT2D eigenvalue weighted by molar-refractivity contribution is 0.0534. The Morgan fingerprint density at radius 1 is 1.21 bits per heavy atom. The fourth-order valence-electron chi connectivity index (χ4n) is 2.11. The van der Waals surface area contributed by atoms with Gasteiger partial charge in [-0.25, -0.2) is 4.79 Å². The van der Waals surface area contributed by atoms with Gasteiger partial charge in [0.15, 0.2) is 0 Å². The molecule has 1 aromatic rings. The van der Waals surface area contributed by atoms with E-state index < -0.39 is 17.6 Å². The number of amides is 2. The van der Waals surface area contributed by atoms with Crippen molar-refractivity contribution in [1.82, 2.24) is 5.32 Å². The lowest BCUT2D eigenvalue weighted by Gasteiger charge is -2.19. The van der Waals surface area contributed by atoms with Gasteiger partial charge in [-0.05, 0) is 32.9 Å². The summed E-state index contributed by atoms with van der Waals surface area (Å²) < 4.78 is 10.7. The Balaban J connectivity index is 2.64. The zero-order chi connectivity index (χ0) is 21.2. The number of hydrogen-bond donors (Lipinski definition) is 5. The molecule has 0 unspecified atom stereocenters. The number of hydrogen-bond acceptors (Lipinski definition) is 7. The number of aliphatic hydroxyl groups is 1. The van der Waals surface area contributed by atoms with Crippen LogP contribution in [0.1, 0.15) is 37.6 Å². The molecule has 1 rings (SSSR count). The predicted octanol–water partition coefficient (Wildman–Crippen LogP) is 1.62. The molecule has 0 heterocycles. The fraction of sp³-hybridized carbons (Fsp3) is 0.474. The van der Waals surface area contributed by atoms with Gasteiger partial charge in [0.1, 0.15) is 17.0 Å². The summed E-state index contributed by atoms with van der Waals surface area (Å²) in [5.41, 5.74) is 11.8. The molecule has 28 heavy (non-hydrogen) atoms. The number of ether oxygens (including phenoxy) is 2. The molecule has 156 valence electrons. The van der Waals surface area contributed by atoms with E-state index in [2.05, 4.69) is 10.6 Å². The minimum atomic E-state index is -0.613. The molecule has 2 amide bonds. The van der Waals surface area contributed by atoms with Crippen LogP contribution in [0.2, 0.25) is 0 Å². The van der Waals surface area contributed by atoms with E-state index in [4.69, 9.17) is 26.0 Å². The molecule has 0 aliphatic carbocycles. The molecule has 0 aliphatic rings. The van der Waals surface area contributed by atoms with Gasteiger partial charge in [-0.3, -0.25) is 4.79 Å². The first kappa shape index (κ1) is 23.1. The minimum Gasteiger partial charge on any atom is -0.491 e. The summed E-state index contributed by atoms with van der Waals surface area (Å²) >= 11 is 0. The summed E-state index contributed by atoms with van der Waals surface area (Å²) in [6, 6.07) is 2.98. The number of rotatable bonds is 10. The molecule has 0 saturated carbocycles. The highest BCUT2D eigenvalue weighted by Gasteiger charge is 2.15. The molecule has 9 heteroatoms. The van der Waals surface area contributed by atoms with Crippen molar-refractivity contribution in [2.75, 3.05) is 37.4 Å². The Morgan fingerprint density at radius 3 is 2.50 bits per heavy atom. The number of nitrogens with two attached hydrogens (primary N) is 2. The molecule has 0 fully saturated rings. The summed E-state index contributed by atoms with van der Waals surface area (Å²) in [6.07, 6.45) is 3.51. The maximum absolute atomic E-state index is 11.5. The van der Waals surface area contributed by atoms with E-state index in [0.29, 0.717) is 36.6 Å². The number of anilines is 2. The van der Waals surface area contributed by atoms with Crippen LogP contribution in [0.3, 0.4) is 0 Å². The first-order chi connectivity index (χ1) is 13.1. The van der Waals surface area contributed by atoms with E-state index in [0.717, 1.165) is 0 Å². The summed E-state index contributed by atoms with van der Waals surface area (Å²) in [7, 11) is 0. The smallest absolute Gasteiger partial charge is 0.407 e.